The van der Waals surface area contributed by atoms with Crippen molar-refractivity contribution in [2.45, 2.75) is 19.3 Å². The van der Waals surface area contributed by atoms with Gasteiger partial charge in [-0.15, -0.1) is 0 Å². The molecule has 0 aliphatic heterocycles. The zero-order valence-electron chi connectivity index (χ0n) is 28.6. The van der Waals surface area contributed by atoms with Crippen LogP contribution < -0.4 is 0 Å². The predicted octanol–water partition coefficient (Wildman–Crippen LogP) is 12.9. The van der Waals surface area contributed by atoms with Crippen molar-refractivity contribution in [3.8, 4) is 56.2 Å². The molecule has 8 aromatic carbocycles. The zero-order chi connectivity index (χ0) is 34.1. The van der Waals surface area contributed by atoms with Gasteiger partial charge in [-0.3, -0.25) is 0 Å². The van der Waals surface area contributed by atoms with Crippen LogP contribution in [0.25, 0.3) is 88.5 Å². The van der Waals surface area contributed by atoms with Crippen LogP contribution in [0.4, 0.5) is 0 Å². The lowest BCUT2D eigenvalue weighted by Gasteiger charge is -2.21. The Labute approximate surface area is 297 Å². The second kappa shape index (κ2) is 11.3. The van der Waals surface area contributed by atoms with Crippen molar-refractivity contribution in [3.05, 3.63) is 181 Å². The number of hydrogen-bond acceptors (Lipinski definition) is 2. The maximum absolute atomic E-state index is 5.24. The first kappa shape index (κ1) is 29.5. The van der Waals surface area contributed by atoms with Crippen LogP contribution in [0.1, 0.15) is 25.0 Å². The van der Waals surface area contributed by atoms with Gasteiger partial charge in [0.05, 0.1) is 11.4 Å². The molecule has 1 aromatic heterocycles. The Morgan fingerprint density at radius 1 is 0.373 bits per heavy atom. The van der Waals surface area contributed by atoms with Crippen molar-refractivity contribution in [3.63, 3.8) is 0 Å². The highest BCUT2D eigenvalue weighted by atomic mass is 14.9. The summed E-state index contributed by atoms with van der Waals surface area (Å²) in [5, 5.41) is 7.57. The Hall–Kier alpha value is -6.38. The number of benzene rings is 8. The van der Waals surface area contributed by atoms with Crippen molar-refractivity contribution in [2.75, 3.05) is 0 Å². The zero-order valence-corrected chi connectivity index (χ0v) is 28.6. The molecule has 51 heavy (non-hydrogen) atoms. The van der Waals surface area contributed by atoms with Crippen LogP contribution in [0.15, 0.2) is 170 Å². The molecule has 0 fully saturated rings. The van der Waals surface area contributed by atoms with E-state index in [1.165, 1.54) is 65.7 Å². The second-order valence-corrected chi connectivity index (χ2v) is 14.2. The molecule has 0 radical (unpaired) electrons. The fourth-order valence-electron chi connectivity index (χ4n) is 8.36. The van der Waals surface area contributed by atoms with Crippen molar-refractivity contribution < 1.29 is 0 Å². The molecule has 2 heteroatoms. The molecular formula is C49H34N2. The standard InChI is InChI=1S/C49H34N2/c1-49(2)42-21-11-10-19-39(42)47-40(20-12-22-43(47)49)45-30-44(50-48(51-45)34-14-4-3-5-15-34)32-23-25-33(26-24-32)46-37-18-9-7-16-35(37)29-41-36-17-8-6-13-31(36)27-28-38(41)46/h3-30H,1-2H3. The predicted molar refractivity (Wildman–Crippen MR) is 214 cm³/mol. The normalized spacial score (nSPS) is 13.1. The summed E-state index contributed by atoms with van der Waals surface area (Å²) < 4.78 is 0. The Bertz CT molecular complexity index is 2810. The van der Waals surface area contributed by atoms with Gasteiger partial charge in [0.2, 0.25) is 0 Å². The van der Waals surface area contributed by atoms with Crippen LogP contribution in [-0.2, 0) is 5.41 Å². The SMILES string of the molecule is CC1(C)c2ccccc2-c2c(-c3cc(-c4ccc(-c5c6ccccc6cc6c5ccc5ccccc56)cc4)nc(-c4ccccc4)n3)cccc21. The molecule has 0 N–H and O–H groups in total. The van der Waals surface area contributed by atoms with E-state index < -0.39 is 0 Å². The lowest BCUT2D eigenvalue weighted by Crippen LogP contribution is -2.14. The van der Waals surface area contributed by atoms with Crippen molar-refractivity contribution >= 4 is 32.3 Å². The highest BCUT2D eigenvalue weighted by Gasteiger charge is 2.36. The minimum absolute atomic E-state index is 0.0893. The maximum atomic E-state index is 5.24. The molecule has 0 saturated heterocycles. The van der Waals surface area contributed by atoms with Crippen LogP contribution in [0.2, 0.25) is 0 Å². The molecule has 2 nitrogen and oxygen atoms in total. The van der Waals surface area contributed by atoms with E-state index in [9.17, 15) is 0 Å². The minimum atomic E-state index is -0.0893. The Morgan fingerprint density at radius 2 is 1.02 bits per heavy atom. The molecule has 0 amide bonds. The van der Waals surface area contributed by atoms with Gasteiger partial charge in [0.15, 0.2) is 5.82 Å². The summed E-state index contributed by atoms with van der Waals surface area (Å²) in [5.74, 6) is 0.724. The molecule has 0 atom stereocenters. The van der Waals surface area contributed by atoms with Crippen LogP contribution in [0.3, 0.4) is 0 Å². The van der Waals surface area contributed by atoms with Gasteiger partial charge in [-0.2, -0.15) is 0 Å². The monoisotopic (exact) mass is 650 g/mol. The molecular weight excluding hydrogens is 617 g/mol. The maximum Gasteiger partial charge on any atom is 0.160 e. The van der Waals surface area contributed by atoms with Gasteiger partial charge < -0.3 is 0 Å². The van der Waals surface area contributed by atoms with E-state index in [1.54, 1.807) is 0 Å². The average Bonchev–Trinajstić information content (AvgIpc) is 3.43. The molecule has 0 unspecified atom stereocenters. The summed E-state index contributed by atoms with van der Waals surface area (Å²) in [6, 6.07) is 61.2. The molecule has 0 saturated carbocycles. The van der Waals surface area contributed by atoms with Gasteiger partial charge in [0.1, 0.15) is 0 Å². The van der Waals surface area contributed by atoms with Crippen molar-refractivity contribution in [1.82, 2.24) is 9.97 Å². The Kier molecular flexibility index (Phi) is 6.56. The van der Waals surface area contributed by atoms with Gasteiger partial charge >= 0.3 is 0 Å². The first-order valence-corrected chi connectivity index (χ1v) is 17.7. The van der Waals surface area contributed by atoms with Crippen LogP contribution in [-0.4, -0.2) is 9.97 Å². The summed E-state index contributed by atoms with van der Waals surface area (Å²) in [6.45, 7) is 4.65. The largest absolute Gasteiger partial charge is 0.228 e. The van der Waals surface area contributed by atoms with Crippen molar-refractivity contribution in [1.29, 1.82) is 0 Å². The molecule has 0 spiro atoms. The third-order valence-electron chi connectivity index (χ3n) is 10.9. The Morgan fingerprint density at radius 3 is 1.86 bits per heavy atom. The van der Waals surface area contributed by atoms with E-state index in [0.29, 0.717) is 0 Å². The van der Waals surface area contributed by atoms with Crippen LogP contribution in [0.5, 0.6) is 0 Å². The molecule has 240 valence electrons. The Balaban J connectivity index is 1.16. The molecule has 1 aliphatic rings. The highest BCUT2D eigenvalue weighted by Crippen LogP contribution is 2.52. The summed E-state index contributed by atoms with van der Waals surface area (Å²) in [7, 11) is 0. The molecule has 1 aliphatic carbocycles. The van der Waals surface area contributed by atoms with Gasteiger partial charge in [-0.05, 0) is 77.8 Å². The fraction of sp³-hybridized carbons (Fsp3) is 0.0612. The van der Waals surface area contributed by atoms with E-state index >= 15 is 0 Å². The van der Waals surface area contributed by atoms with E-state index in [4.69, 9.17) is 9.97 Å². The number of aromatic nitrogens is 2. The summed E-state index contributed by atoms with van der Waals surface area (Å²) >= 11 is 0. The average molecular weight is 651 g/mol. The topological polar surface area (TPSA) is 25.8 Å². The quantitative estimate of drug-likeness (QED) is 0.140. The fourth-order valence-corrected chi connectivity index (χ4v) is 8.36. The smallest absolute Gasteiger partial charge is 0.160 e. The lowest BCUT2D eigenvalue weighted by atomic mass is 9.82. The number of nitrogens with zero attached hydrogens (tertiary/aromatic N) is 2. The lowest BCUT2D eigenvalue weighted by molar-refractivity contribution is 0.660. The molecule has 0 bridgehead atoms. The highest BCUT2D eigenvalue weighted by molar-refractivity contribution is 6.20. The third kappa shape index (κ3) is 4.64. The number of hydrogen-bond donors (Lipinski definition) is 0. The van der Waals surface area contributed by atoms with E-state index in [0.717, 1.165) is 33.9 Å². The van der Waals surface area contributed by atoms with E-state index in [-0.39, 0.29) is 5.41 Å². The second-order valence-electron chi connectivity index (χ2n) is 14.2. The number of rotatable bonds is 4. The van der Waals surface area contributed by atoms with Gasteiger partial charge in [-0.25, -0.2) is 9.97 Å². The van der Waals surface area contributed by atoms with E-state index in [1.807, 2.05) is 6.07 Å². The van der Waals surface area contributed by atoms with Crippen molar-refractivity contribution in [2.24, 2.45) is 0 Å². The first-order valence-electron chi connectivity index (χ1n) is 17.7. The first-order chi connectivity index (χ1) is 25.0. The number of fused-ring (bicyclic) bond motifs is 7. The van der Waals surface area contributed by atoms with Gasteiger partial charge in [0, 0.05) is 22.1 Å². The van der Waals surface area contributed by atoms with Crippen LogP contribution >= 0.6 is 0 Å². The van der Waals surface area contributed by atoms with Gasteiger partial charge in [0.25, 0.3) is 0 Å². The molecule has 1 heterocycles. The van der Waals surface area contributed by atoms with Crippen LogP contribution in [0, 0.1) is 0 Å². The molecule has 9 aromatic rings. The summed E-state index contributed by atoms with van der Waals surface area (Å²) in [5.41, 5.74) is 12.6. The minimum Gasteiger partial charge on any atom is -0.228 e. The summed E-state index contributed by atoms with van der Waals surface area (Å²) in [6.07, 6.45) is 0. The van der Waals surface area contributed by atoms with Gasteiger partial charge in [-0.1, -0.05) is 172 Å². The summed E-state index contributed by atoms with van der Waals surface area (Å²) in [4.78, 5) is 10.4. The molecule has 10 rings (SSSR count). The van der Waals surface area contributed by atoms with E-state index in [2.05, 4.69) is 178 Å². The third-order valence-corrected chi connectivity index (χ3v) is 10.9.